The molecule has 0 fully saturated rings. The zero-order chi connectivity index (χ0) is 14.0. The molecule has 0 aliphatic rings. The first-order chi connectivity index (χ1) is 8.99. The fourth-order valence-electron chi connectivity index (χ4n) is 1.43. The minimum absolute atomic E-state index is 0.100. The van der Waals surface area contributed by atoms with Gasteiger partial charge in [0.25, 0.3) is 0 Å². The van der Waals surface area contributed by atoms with Crippen molar-refractivity contribution in [2.75, 3.05) is 5.32 Å². The molecule has 1 aromatic carbocycles. The maximum atomic E-state index is 10.7. The number of nitrogens with one attached hydrogen (secondary N) is 1. The van der Waals surface area contributed by atoms with E-state index in [0.29, 0.717) is 32.5 Å². The summed E-state index contributed by atoms with van der Waals surface area (Å²) in [5.74, 6) is -0.708. The van der Waals surface area contributed by atoms with Crippen molar-refractivity contribution in [1.29, 1.82) is 0 Å². The molecular weight excluding hydrogens is 357 g/mol. The van der Waals surface area contributed by atoms with Crippen LogP contribution in [0.5, 0.6) is 0 Å². The molecule has 0 radical (unpaired) electrons. The molecule has 0 bridgehead atoms. The van der Waals surface area contributed by atoms with E-state index in [1.807, 2.05) is 0 Å². The first kappa shape index (κ1) is 14.2. The second-order valence-electron chi connectivity index (χ2n) is 3.65. The van der Waals surface area contributed by atoms with E-state index >= 15 is 0 Å². The van der Waals surface area contributed by atoms with E-state index in [1.165, 1.54) is 6.07 Å². The smallest absolute Gasteiger partial charge is 0.371 e. The highest BCUT2D eigenvalue weighted by Gasteiger charge is 2.11. The third-order valence-electron chi connectivity index (χ3n) is 2.36. The summed E-state index contributed by atoms with van der Waals surface area (Å²) in [4.78, 5) is 10.7. The summed E-state index contributed by atoms with van der Waals surface area (Å²) in [7, 11) is 0. The maximum absolute atomic E-state index is 10.7. The molecule has 0 aliphatic heterocycles. The second kappa shape index (κ2) is 5.86. The highest BCUT2D eigenvalue weighted by atomic mass is 79.9. The van der Waals surface area contributed by atoms with Crippen LogP contribution >= 0.6 is 39.1 Å². The molecule has 0 unspecified atom stereocenters. The summed E-state index contributed by atoms with van der Waals surface area (Å²) in [5, 5.41) is 12.6. The van der Waals surface area contributed by atoms with Gasteiger partial charge in [-0.1, -0.05) is 23.2 Å². The van der Waals surface area contributed by atoms with Crippen molar-refractivity contribution in [3.63, 3.8) is 0 Å². The topological polar surface area (TPSA) is 62.5 Å². The van der Waals surface area contributed by atoms with Crippen molar-refractivity contribution in [2.24, 2.45) is 0 Å². The Morgan fingerprint density at radius 2 is 2.00 bits per heavy atom. The lowest BCUT2D eigenvalue weighted by molar-refractivity contribution is 0.0660. The summed E-state index contributed by atoms with van der Waals surface area (Å²) < 4.78 is 5.82. The van der Waals surface area contributed by atoms with Crippen molar-refractivity contribution < 1.29 is 14.3 Å². The molecule has 100 valence electrons. The standard InChI is InChI=1S/C12H8BrCl2NO3/c13-7-2-3-8(11(15)10(7)14)16-5-6-1-4-9(19-6)12(17)18/h1-4,16H,5H2,(H,17,18). The quantitative estimate of drug-likeness (QED) is 0.774. The van der Waals surface area contributed by atoms with Gasteiger partial charge in [0.2, 0.25) is 5.76 Å². The number of anilines is 1. The van der Waals surface area contributed by atoms with Gasteiger partial charge in [-0.05, 0) is 40.2 Å². The van der Waals surface area contributed by atoms with Gasteiger partial charge in [-0.15, -0.1) is 0 Å². The minimum atomic E-state index is -1.10. The number of furan rings is 1. The highest BCUT2D eigenvalue weighted by Crippen LogP contribution is 2.35. The molecule has 0 amide bonds. The molecule has 7 heteroatoms. The first-order valence-corrected chi connectivity index (χ1v) is 6.73. The average molecular weight is 365 g/mol. The van der Waals surface area contributed by atoms with Crippen LogP contribution in [-0.4, -0.2) is 11.1 Å². The van der Waals surface area contributed by atoms with Crippen molar-refractivity contribution >= 4 is 50.8 Å². The molecule has 2 aromatic rings. The van der Waals surface area contributed by atoms with E-state index in [1.54, 1.807) is 18.2 Å². The van der Waals surface area contributed by atoms with Crippen molar-refractivity contribution in [2.45, 2.75) is 6.54 Å². The number of hydrogen-bond acceptors (Lipinski definition) is 3. The Morgan fingerprint density at radius 1 is 1.26 bits per heavy atom. The summed E-state index contributed by atoms with van der Waals surface area (Å²) in [6, 6.07) is 6.51. The Morgan fingerprint density at radius 3 is 2.63 bits per heavy atom. The third kappa shape index (κ3) is 3.23. The van der Waals surface area contributed by atoms with Crippen LogP contribution in [0.2, 0.25) is 10.0 Å². The van der Waals surface area contributed by atoms with Gasteiger partial charge >= 0.3 is 5.97 Å². The van der Waals surface area contributed by atoms with E-state index in [2.05, 4.69) is 21.2 Å². The molecule has 4 nitrogen and oxygen atoms in total. The zero-order valence-corrected chi connectivity index (χ0v) is 12.5. The average Bonchev–Trinajstić information content (AvgIpc) is 2.84. The van der Waals surface area contributed by atoms with E-state index in [9.17, 15) is 4.79 Å². The molecule has 1 aromatic heterocycles. The van der Waals surface area contributed by atoms with Crippen LogP contribution < -0.4 is 5.32 Å². The van der Waals surface area contributed by atoms with Crippen LogP contribution in [0.3, 0.4) is 0 Å². The molecule has 0 spiro atoms. The number of carboxylic acid groups (broad SMARTS) is 1. The van der Waals surface area contributed by atoms with Gasteiger partial charge in [-0.3, -0.25) is 0 Å². The second-order valence-corrected chi connectivity index (χ2v) is 5.26. The van der Waals surface area contributed by atoms with E-state index in [4.69, 9.17) is 32.7 Å². The zero-order valence-electron chi connectivity index (χ0n) is 9.41. The molecule has 0 aliphatic carbocycles. The van der Waals surface area contributed by atoms with E-state index in [-0.39, 0.29) is 5.76 Å². The SMILES string of the molecule is O=C(O)c1ccc(CNc2ccc(Br)c(Cl)c2Cl)o1. The fraction of sp³-hybridized carbons (Fsp3) is 0.0833. The number of rotatable bonds is 4. The van der Waals surface area contributed by atoms with Gasteiger partial charge in [-0.25, -0.2) is 4.79 Å². The Bertz CT molecular complexity index is 627. The number of hydrogen-bond donors (Lipinski definition) is 2. The normalized spacial score (nSPS) is 10.5. The van der Waals surface area contributed by atoms with Crippen molar-refractivity contribution in [3.8, 4) is 0 Å². The summed E-state index contributed by atoms with van der Waals surface area (Å²) in [6.07, 6.45) is 0. The minimum Gasteiger partial charge on any atom is -0.475 e. The monoisotopic (exact) mass is 363 g/mol. The van der Waals surface area contributed by atoms with Gasteiger partial charge in [0.1, 0.15) is 5.76 Å². The Labute approximate surface area is 127 Å². The van der Waals surface area contributed by atoms with E-state index in [0.717, 1.165) is 0 Å². The van der Waals surface area contributed by atoms with Gasteiger partial charge < -0.3 is 14.8 Å². The molecule has 2 rings (SSSR count). The summed E-state index contributed by atoms with van der Waals surface area (Å²) in [5.41, 5.74) is 0.642. The molecule has 2 N–H and O–H groups in total. The van der Waals surface area contributed by atoms with E-state index < -0.39 is 5.97 Å². The van der Waals surface area contributed by atoms with Crippen LogP contribution in [-0.2, 0) is 6.54 Å². The van der Waals surface area contributed by atoms with Crippen LogP contribution in [0.4, 0.5) is 5.69 Å². The van der Waals surface area contributed by atoms with Crippen molar-refractivity contribution in [3.05, 3.63) is 50.3 Å². The lowest BCUT2D eigenvalue weighted by atomic mass is 10.3. The van der Waals surface area contributed by atoms with Gasteiger partial charge in [0, 0.05) is 4.47 Å². The predicted molar refractivity (Wildman–Crippen MR) is 77.2 cm³/mol. The number of halogens is 3. The molecular formula is C12H8BrCl2NO3. The first-order valence-electron chi connectivity index (χ1n) is 5.18. The van der Waals surface area contributed by atoms with Gasteiger partial charge in [0.15, 0.2) is 0 Å². The highest BCUT2D eigenvalue weighted by molar-refractivity contribution is 9.10. The lowest BCUT2D eigenvalue weighted by Gasteiger charge is -2.09. The van der Waals surface area contributed by atoms with Gasteiger partial charge in [-0.2, -0.15) is 0 Å². The van der Waals surface area contributed by atoms with Gasteiger partial charge in [0.05, 0.1) is 22.3 Å². The largest absolute Gasteiger partial charge is 0.475 e. The predicted octanol–water partition coefficient (Wildman–Crippen LogP) is 4.66. The number of aromatic carboxylic acids is 1. The molecule has 0 saturated heterocycles. The summed E-state index contributed by atoms with van der Waals surface area (Å²) in [6.45, 7) is 0.310. The maximum Gasteiger partial charge on any atom is 0.371 e. The number of benzene rings is 1. The number of carboxylic acids is 1. The third-order valence-corrected chi connectivity index (χ3v) is 4.13. The molecule has 19 heavy (non-hydrogen) atoms. The summed E-state index contributed by atoms with van der Waals surface area (Å²) >= 11 is 15.3. The lowest BCUT2D eigenvalue weighted by Crippen LogP contribution is -1.99. The van der Waals surface area contributed by atoms with Crippen LogP contribution in [0, 0.1) is 0 Å². The molecule has 0 atom stereocenters. The Balaban J connectivity index is 2.10. The van der Waals surface area contributed by atoms with Crippen LogP contribution in [0.1, 0.15) is 16.3 Å². The Hall–Kier alpha value is -1.17. The molecule has 1 heterocycles. The van der Waals surface area contributed by atoms with Crippen molar-refractivity contribution in [1.82, 2.24) is 0 Å². The molecule has 0 saturated carbocycles. The Kier molecular flexibility index (Phi) is 4.39. The van der Waals surface area contributed by atoms with Crippen LogP contribution in [0.25, 0.3) is 0 Å². The number of carbonyl (C=O) groups is 1. The van der Waals surface area contributed by atoms with Crippen LogP contribution in [0.15, 0.2) is 33.2 Å². The fourth-order valence-corrected chi connectivity index (χ4v) is 2.27.